The Kier molecular flexibility index (Phi) is 7.32. The zero-order valence-corrected chi connectivity index (χ0v) is 15.9. The number of aryl methyl sites for hydroxylation is 2. The van der Waals surface area contributed by atoms with E-state index < -0.39 is 0 Å². The lowest BCUT2D eigenvalue weighted by atomic mass is 10.1. The van der Waals surface area contributed by atoms with Crippen LogP contribution in [0.1, 0.15) is 37.3 Å². The van der Waals surface area contributed by atoms with E-state index >= 15 is 0 Å². The van der Waals surface area contributed by atoms with Crippen LogP contribution in [0.15, 0.2) is 46.9 Å². The van der Waals surface area contributed by atoms with Crippen LogP contribution < -0.4 is 10.1 Å². The van der Waals surface area contributed by atoms with Gasteiger partial charge in [-0.25, -0.2) is 0 Å². The molecular formula is C20H24BrNO2. The third-order valence-electron chi connectivity index (χ3n) is 3.68. The number of hydrogen-bond donors (Lipinski definition) is 1. The molecule has 0 saturated heterocycles. The van der Waals surface area contributed by atoms with Crippen molar-refractivity contribution in [3.63, 3.8) is 0 Å². The van der Waals surface area contributed by atoms with Crippen LogP contribution >= 0.6 is 15.9 Å². The van der Waals surface area contributed by atoms with E-state index in [4.69, 9.17) is 4.74 Å². The largest absolute Gasteiger partial charge is 0.494 e. The van der Waals surface area contributed by atoms with Crippen LogP contribution in [0, 0.1) is 6.92 Å². The summed E-state index contributed by atoms with van der Waals surface area (Å²) in [6, 6.07) is 14.1. The molecule has 0 aliphatic carbocycles. The van der Waals surface area contributed by atoms with Crippen molar-refractivity contribution in [1.82, 2.24) is 0 Å². The van der Waals surface area contributed by atoms with E-state index in [2.05, 4.69) is 40.3 Å². The molecule has 0 saturated carbocycles. The number of ether oxygens (including phenoxy) is 1. The average molecular weight is 390 g/mol. The van der Waals surface area contributed by atoms with E-state index in [0.29, 0.717) is 19.4 Å². The molecular weight excluding hydrogens is 366 g/mol. The summed E-state index contributed by atoms with van der Waals surface area (Å²) in [5.74, 6) is 0.859. The van der Waals surface area contributed by atoms with Crippen molar-refractivity contribution in [3.05, 3.63) is 58.1 Å². The van der Waals surface area contributed by atoms with Gasteiger partial charge in [-0.3, -0.25) is 4.79 Å². The standard InChI is InChI=1S/C20H24BrNO2/c1-3-5-16-8-10-17(11-9-16)24-13-4-6-20(23)22-19-12-7-15(2)14-18(19)21/h7-12,14H,3-6,13H2,1-2H3,(H,22,23). The molecule has 0 atom stereocenters. The molecule has 128 valence electrons. The van der Waals surface area contributed by atoms with Gasteiger partial charge in [0.05, 0.1) is 12.3 Å². The fourth-order valence-electron chi connectivity index (χ4n) is 2.40. The summed E-state index contributed by atoms with van der Waals surface area (Å²) >= 11 is 3.47. The van der Waals surface area contributed by atoms with Gasteiger partial charge < -0.3 is 10.1 Å². The summed E-state index contributed by atoms with van der Waals surface area (Å²) in [6.07, 6.45) is 3.36. The number of carbonyl (C=O) groups is 1. The van der Waals surface area contributed by atoms with Crippen LogP contribution in [-0.4, -0.2) is 12.5 Å². The van der Waals surface area contributed by atoms with Crippen LogP contribution in [0.4, 0.5) is 5.69 Å². The third kappa shape index (κ3) is 6.00. The first-order valence-electron chi connectivity index (χ1n) is 8.36. The highest BCUT2D eigenvalue weighted by Crippen LogP contribution is 2.23. The molecule has 3 nitrogen and oxygen atoms in total. The molecule has 1 N–H and O–H groups in total. The second-order valence-electron chi connectivity index (χ2n) is 5.88. The molecule has 0 radical (unpaired) electrons. The fraction of sp³-hybridized carbons (Fsp3) is 0.350. The van der Waals surface area contributed by atoms with Crippen molar-refractivity contribution in [2.45, 2.75) is 39.5 Å². The first-order chi connectivity index (χ1) is 11.6. The van der Waals surface area contributed by atoms with E-state index in [9.17, 15) is 4.79 Å². The Morgan fingerprint density at radius 2 is 1.92 bits per heavy atom. The summed E-state index contributed by atoms with van der Waals surface area (Å²) < 4.78 is 6.59. The highest BCUT2D eigenvalue weighted by molar-refractivity contribution is 9.10. The lowest BCUT2D eigenvalue weighted by molar-refractivity contribution is -0.116. The monoisotopic (exact) mass is 389 g/mol. The summed E-state index contributed by atoms with van der Waals surface area (Å²) in [7, 11) is 0. The van der Waals surface area contributed by atoms with Crippen molar-refractivity contribution in [3.8, 4) is 5.75 Å². The van der Waals surface area contributed by atoms with Crippen LogP contribution in [0.2, 0.25) is 0 Å². The van der Waals surface area contributed by atoms with Gasteiger partial charge in [-0.05, 0) is 71.1 Å². The quantitative estimate of drug-likeness (QED) is 0.604. The lowest BCUT2D eigenvalue weighted by Crippen LogP contribution is -2.13. The number of carbonyl (C=O) groups excluding carboxylic acids is 1. The minimum absolute atomic E-state index is 0.00134. The molecule has 2 rings (SSSR count). The molecule has 2 aromatic rings. The highest BCUT2D eigenvalue weighted by Gasteiger charge is 2.06. The number of amides is 1. The maximum atomic E-state index is 12.0. The molecule has 0 bridgehead atoms. The normalized spacial score (nSPS) is 10.5. The first kappa shape index (κ1) is 18.5. The van der Waals surface area contributed by atoms with Gasteiger partial charge in [0.2, 0.25) is 5.91 Å². The molecule has 0 aliphatic heterocycles. The van der Waals surface area contributed by atoms with E-state index in [0.717, 1.165) is 34.3 Å². The molecule has 0 heterocycles. The number of halogens is 1. The van der Waals surface area contributed by atoms with Gasteiger partial charge in [0.15, 0.2) is 0 Å². The Bertz CT molecular complexity index is 668. The van der Waals surface area contributed by atoms with Gasteiger partial charge in [-0.15, -0.1) is 0 Å². The zero-order valence-electron chi connectivity index (χ0n) is 14.3. The Balaban J connectivity index is 1.70. The second-order valence-corrected chi connectivity index (χ2v) is 6.73. The van der Waals surface area contributed by atoms with Gasteiger partial charge in [0, 0.05) is 10.9 Å². The Hall–Kier alpha value is -1.81. The third-order valence-corrected chi connectivity index (χ3v) is 4.33. The smallest absolute Gasteiger partial charge is 0.224 e. The number of nitrogens with one attached hydrogen (secondary N) is 1. The average Bonchev–Trinajstić information content (AvgIpc) is 2.56. The SMILES string of the molecule is CCCc1ccc(OCCCC(=O)Nc2ccc(C)cc2Br)cc1. The number of benzene rings is 2. The summed E-state index contributed by atoms with van der Waals surface area (Å²) in [6.45, 7) is 4.72. The second kappa shape index (κ2) is 9.48. The molecule has 0 aromatic heterocycles. The number of rotatable bonds is 8. The van der Waals surface area contributed by atoms with Crippen molar-refractivity contribution < 1.29 is 9.53 Å². The fourth-order valence-corrected chi connectivity index (χ4v) is 2.99. The summed E-state index contributed by atoms with van der Waals surface area (Å²) in [5, 5.41) is 2.92. The minimum Gasteiger partial charge on any atom is -0.494 e. The first-order valence-corrected chi connectivity index (χ1v) is 9.15. The van der Waals surface area contributed by atoms with Crippen molar-refractivity contribution in [2.24, 2.45) is 0 Å². The number of hydrogen-bond acceptors (Lipinski definition) is 2. The highest BCUT2D eigenvalue weighted by atomic mass is 79.9. The van der Waals surface area contributed by atoms with Crippen LogP contribution in [0.25, 0.3) is 0 Å². The predicted molar refractivity (Wildman–Crippen MR) is 103 cm³/mol. The lowest BCUT2D eigenvalue weighted by Gasteiger charge is -2.09. The van der Waals surface area contributed by atoms with Gasteiger partial charge >= 0.3 is 0 Å². The van der Waals surface area contributed by atoms with Crippen LogP contribution in [0.3, 0.4) is 0 Å². The molecule has 4 heteroatoms. The Labute approximate surface area is 152 Å². The van der Waals surface area contributed by atoms with E-state index in [1.807, 2.05) is 37.3 Å². The molecule has 1 amide bonds. The molecule has 24 heavy (non-hydrogen) atoms. The van der Waals surface area contributed by atoms with E-state index in [1.165, 1.54) is 5.56 Å². The maximum Gasteiger partial charge on any atom is 0.224 e. The van der Waals surface area contributed by atoms with Gasteiger partial charge in [-0.2, -0.15) is 0 Å². The van der Waals surface area contributed by atoms with E-state index in [-0.39, 0.29) is 5.91 Å². The van der Waals surface area contributed by atoms with Gasteiger partial charge in [0.1, 0.15) is 5.75 Å². The van der Waals surface area contributed by atoms with E-state index in [1.54, 1.807) is 0 Å². The molecule has 0 aliphatic rings. The van der Waals surface area contributed by atoms with Crippen molar-refractivity contribution in [2.75, 3.05) is 11.9 Å². The van der Waals surface area contributed by atoms with Crippen LogP contribution in [-0.2, 0) is 11.2 Å². The molecule has 2 aromatic carbocycles. The summed E-state index contributed by atoms with van der Waals surface area (Å²) in [4.78, 5) is 12.0. The minimum atomic E-state index is 0.00134. The summed E-state index contributed by atoms with van der Waals surface area (Å²) in [5.41, 5.74) is 3.28. The molecule has 0 fully saturated rings. The van der Waals surface area contributed by atoms with Crippen LogP contribution in [0.5, 0.6) is 5.75 Å². The van der Waals surface area contributed by atoms with Crippen molar-refractivity contribution in [1.29, 1.82) is 0 Å². The topological polar surface area (TPSA) is 38.3 Å². The van der Waals surface area contributed by atoms with Gasteiger partial charge in [-0.1, -0.05) is 31.5 Å². The molecule has 0 unspecified atom stereocenters. The zero-order chi connectivity index (χ0) is 17.4. The molecule has 0 spiro atoms. The maximum absolute atomic E-state index is 12.0. The Morgan fingerprint density at radius 3 is 2.58 bits per heavy atom. The van der Waals surface area contributed by atoms with Crippen molar-refractivity contribution >= 4 is 27.5 Å². The predicted octanol–water partition coefficient (Wildman–Crippen LogP) is 5.51. The van der Waals surface area contributed by atoms with Gasteiger partial charge in [0.25, 0.3) is 0 Å². The number of anilines is 1. The Morgan fingerprint density at radius 1 is 1.17 bits per heavy atom.